The Bertz CT molecular complexity index is 1170. The topological polar surface area (TPSA) is 63.5 Å². The van der Waals surface area contributed by atoms with Gasteiger partial charge < -0.3 is 19.8 Å². The molecule has 0 fully saturated rings. The molecular weight excluding hydrogens is 412 g/mol. The number of furan rings is 1. The van der Waals surface area contributed by atoms with Crippen LogP contribution in [0.3, 0.4) is 0 Å². The van der Waals surface area contributed by atoms with Gasteiger partial charge in [0.1, 0.15) is 0 Å². The van der Waals surface area contributed by atoms with Crippen molar-refractivity contribution in [2.24, 2.45) is 0 Å². The lowest BCUT2D eigenvalue weighted by Crippen LogP contribution is -2.24. The quantitative estimate of drug-likeness (QED) is 0.316. The van der Waals surface area contributed by atoms with Crippen LogP contribution in [0.5, 0.6) is 5.75 Å². The standard InChI is InChI=1S/C28H30N2O3/c1-32-25-15-14-23(20-29-18-16-22-11-6-3-7-12-22)24-19-26(33-27(24)25)28(31)30-17-8-13-21-9-4-2-5-10-21/h2-7,9-12,14-15,19,29H,8,13,16-18,20H2,1H3,(H,30,31). The van der Waals surface area contributed by atoms with E-state index in [4.69, 9.17) is 9.15 Å². The maximum absolute atomic E-state index is 12.7. The molecule has 0 spiro atoms. The zero-order chi connectivity index (χ0) is 22.9. The Morgan fingerprint density at radius 1 is 0.879 bits per heavy atom. The third kappa shape index (κ3) is 6.02. The minimum absolute atomic E-state index is 0.204. The predicted molar refractivity (Wildman–Crippen MR) is 132 cm³/mol. The highest BCUT2D eigenvalue weighted by Crippen LogP contribution is 2.31. The van der Waals surface area contributed by atoms with E-state index in [9.17, 15) is 4.79 Å². The summed E-state index contributed by atoms with van der Waals surface area (Å²) in [6, 6.07) is 26.4. The van der Waals surface area contributed by atoms with E-state index in [0.717, 1.165) is 36.8 Å². The first-order valence-corrected chi connectivity index (χ1v) is 11.4. The lowest BCUT2D eigenvalue weighted by atomic mass is 10.1. The molecule has 5 heteroatoms. The second-order valence-electron chi connectivity index (χ2n) is 8.04. The average molecular weight is 443 g/mol. The molecule has 1 heterocycles. The highest BCUT2D eigenvalue weighted by Gasteiger charge is 2.17. The molecule has 4 rings (SSSR count). The molecular formula is C28H30N2O3. The molecule has 1 aromatic heterocycles. The van der Waals surface area contributed by atoms with Gasteiger partial charge in [-0.05, 0) is 54.6 Å². The summed E-state index contributed by atoms with van der Waals surface area (Å²) in [6.07, 6.45) is 2.76. The Kier molecular flexibility index (Phi) is 7.77. The Morgan fingerprint density at radius 2 is 1.58 bits per heavy atom. The fourth-order valence-corrected chi connectivity index (χ4v) is 3.91. The maximum atomic E-state index is 12.7. The van der Waals surface area contributed by atoms with Crippen LogP contribution in [-0.4, -0.2) is 26.1 Å². The van der Waals surface area contributed by atoms with Crippen molar-refractivity contribution >= 4 is 16.9 Å². The molecule has 1 amide bonds. The van der Waals surface area contributed by atoms with Crippen molar-refractivity contribution in [3.05, 3.63) is 101 Å². The molecule has 0 saturated carbocycles. The Hall–Kier alpha value is -3.57. The van der Waals surface area contributed by atoms with Crippen LogP contribution in [0.1, 0.15) is 33.7 Å². The molecule has 4 aromatic rings. The van der Waals surface area contributed by atoms with E-state index in [0.29, 0.717) is 30.2 Å². The summed E-state index contributed by atoms with van der Waals surface area (Å²) in [6.45, 7) is 2.14. The third-order valence-electron chi connectivity index (χ3n) is 5.70. The van der Waals surface area contributed by atoms with Gasteiger partial charge in [-0.1, -0.05) is 66.7 Å². The lowest BCUT2D eigenvalue weighted by Gasteiger charge is -2.08. The number of carbonyl (C=O) groups is 1. The molecule has 5 nitrogen and oxygen atoms in total. The van der Waals surface area contributed by atoms with Crippen molar-refractivity contribution in [2.75, 3.05) is 20.2 Å². The molecule has 0 unspecified atom stereocenters. The Balaban J connectivity index is 1.36. The minimum Gasteiger partial charge on any atom is -0.493 e. The first-order valence-electron chi connectivity index (χ1n) is 11.4. The second-order valence-corrected chi connectivity index (χ2v) is 8.04. The van der Waals surface area contributed by atoms with Crippen molar-refractivity contribution in [3.8, 4) is 5.75 Å². The third-order valence-corrected chi connectivity index (χ3v) is 5.70. The van der Waals surface area contributed by atoms with E-state index in [-0.39, 0.29) is 5.91 Å². The summed E-state index contributed by atoms with van der Waals surface area (Å²) >= 11 is 0. The van der Waals surface area contributed by atoms with Crippen LogP contribution in [0.2, 0.25) is 0 Å². The number of ether oxygens (including phenoxy) is 1. The number of rotatable bonds is 11. The average Bonchev–Trinajstić information content (AvgIpc) is 3.32. The first kappa shape index (κ1) is 22.6. The summed E-state index contributed by atoms with van der Waals surface area (Å²) < 4.78 is 11.4. The Morgan fingerprint density at radius 3 is 2.27 bits per heavy atom. The van der Waals surface area contributed by atoms with Crippen LogP contribution < -0.4 is 15.4 Å². The highest BCUT2D eigenvalue weighted by molar-refractivity contribution is 5.98. The van der Waals surface area contributed by atoms with Crippen molar-refractivity contribution in [1.82, 2.24) is 10.6 Å². The first-order chi connectivity index (χ1) is 16.2. The smallest absolute Gasteiger partial charge is 0.287 e. The molecule has 0 aliphatic carbocycles. The van der Waals surface area contributed by atoms with Gasteiger partial charge in [-0.15, -0.1) is 0 Å². The summed E-state index contributed by atoms with van der Waals surface area (Å²) in [5, 5.41) is 7.36. The molecule has 0 atom stereocenters. The van der Waals surface area contributed by atoms with Gasteiger partial charge >= 0.3 is 0 Å². The van der Waals surface area contributed by atoms with E-state index in [2.05, 4.69) is 47.0 Å². The number of hydrogen-bond acceptors (Lipinski definition) is 4. The molecule has 0 aliphatic rings. The van der Waals surface area contributed by atoms with Gasteiger partial charge in [-0.3, -0.25) is 4.79 Å². The van der Waals surface area contributed by atoms with Crippen LogP contribution in [0.4, 0.5) is 0 Å². The van der Waals surface area contributed by atoms with Crippen LogP contribution in [-0.2, 0) is 19.4 Å². The van der Waals surface area contributed by atoms with Gasteiger partial charge in [0.05, 0.1) is 7.11 Å². The van der Waals surface area contributed by atoms with E-state index in [1.165, 1.54) is 11.1 Å². The number of carbonyl (C=O) groups excluding carboxylic acids is 1. The van der Waals surface area contributed by atoms with Crippen molar-refractivity contribution in [2.45, 2.75) is 25.8 Å². The molecule has 2 N–H and O–H groups in total. The summed E-state index contributed by atoms with van der Waals surface area (Å²) in [5.74, 6) is 0.727. The van der Waals surface area contributed by atoms with Gasteiger partial charge in [-0.2, -0.15) is 0 Å². The van der Waals surface area contributed by atoms with Crippen LogP contribution in [0.15, 0.2) is 83.3 Å². The van der Waals surface area contributed by atoms with Crippen molar-refractivity contribution in [1.29, 1.82) is 0 Å². The highest BCUT2D eigenvalue weighted by atomic mass is 16.5. The largest absolute Gasteiger partial charge is 0.493 e. The van der Waals surface area contributed by atoms with Gasteiger partial charge in [-0.25, -0.2) is 0 Å². The number of benzene rings is 3. The maximum Gasteiger partial charge on any atom is 0.287 e. The monoisotopic (exact) mass is 442 g/mol. The number of fused-ring (bicyclic) bond motifs is 1. The summed E-state index contributed by atoms with van der Waals surface area (Å²) in [5.41, 5.74) is 4.25. The fraction of sp³-hybridized carbons (Fsp3) is 0.250. The molecule has 0 bridgehead atoms. The van der Waals surface area contributed by atoms with Crippen molar-refractivity contribution < 1.29 is 13.9 Å². The minimum atomic E-state index is -0.204. The van der Waals surface area contributed by atoms with Crippen molar-refractivity contribution in [3.63, 3.8) is 0 Å². The van der Waals surface area contributed by atoms with Gasteiger partial charge in [0, 0.05) is 18.5 Å². The van der Waals surface area contributed by atoms with E-state index in [1.807, 2.05) is 42.5 Å². The van der Waals surface area contributed by atoms with Gasteiger partial charge in [0.25, 0.3) is 5.91 Å². The van der Waals surface area contributed by atoms with E-state index < -0.39 is 0 Å². The van der Waals surface area contributed by atoms with Gasteiger partial charge in [0.2, 0.25) is 0 Å². The molecule has 3 aromatic carbocycles. The van der Waals surface area contributed by atoms with E-state index in [1.54, 1.807) is 7.11 Å². The summed E-state index contributed by atoms with van der Waals surface area (Å²) in [4.78, 5) is 12.7. The second kappa shape index (κ2) is 11.3. The van der Waals surface area contributed by atoms with Gasteiger partial charge in [0.15, 0.2) is 17.1 Å². The molecule has 33 heavy (non-hydrogen) atoms. The number of nitrogens with one attached hydrogen (secondary N) is 2. The SMILES string of the molecule is COc1ccc(CNCCc2ccccc2)c2cc(C(=O)NCCCc3ccccc3)oc12. The zero-order valence-corrected chi connectivity index (χ0v) is 19.0. The van der Waals surface area contributed by atoms with Crippen LogP contribution >= 0.6 is 0 Å². The Labute approximate surface area is 194 Å². The number of aryl methyl sites for hydroxylation is 1. The fourth-order valence-electron chi connectivity index (χ4n) is 3.91. The predicted octanol–water partition coefficient (Wildman–Crippen LogP) is 5.14. The number of methoxy groups -OCH3 is 1. The molecule has 170 valence electrons. The molecule has 0 aliphatic heterocycles. The van der Waals surface area contributed by atoms with Crippen LogP contribution in [0, 0.1) is 0 Å². The molecule has 0 saturated heterocycles. The summed E-state index contributed by atoms with van der Waals surface area (Å²) in [7, 11) is 1.61. The van der Waals surface area contributed by atoms with Crippen LogP contribution in [0.25, 0.3) is 11.0 Å². The number of amides is 1. The lowest BCUT2D eigenvalue weighted by molar-refractivity contribution is 0.0927. The molecule has 0 radical (unpaired) electrons. The number of hydrogen-bond donors (Lipinski definition) is 2. The van der Waals surface area contributed by atoms with E-state index >= 15 is 0 Å². The zero-order valence-electron chi connectivity index (χ0n) is 19.0. The normalized spacial score (nSPS) is 10.9.